The Labute approximate surface area is 188 Å². The molecule has 1 aromatic heterocycles. The molecule has 0 spiro atoms. The Morgan fingerprint density at radius 3 is 2.81 bits per heavy atom. The molecule has 170 valence electrons. The number of nitrogen functional groups attached to an aromatic ring is 1. The standard InChI is InChI=1S/C26H41N5/c1-18(12-15-31-17-30(6)24-22(31)23(27)28-16-29-24)10-13-25(4)20(3)11-14-26(5)19(2)8-7-9-21(25)26/h9,12,16,19-20H,7-8,10-11,13-15,17H2,1-6H3,(H2,27,28,29)/p+1. The van der Waals surface area contributed by atoms with Gasteiger partial charge in [-0.3, -0.25) is 4.90 Å². The van der Waals surface area contributed by atoms with Crippen molar-refractivity contribution in [2.75, 3.05) is 30.9 Å². The number of aromatic nitrogens is 2. The van der Waals surface area contributed by atoms with Gasteiger partial charge in [0, 0.05) is 6.54 Å². The van der Waals surface area contributed by atoms with E-state index in [1.54, 1.807) is 11.9 Å². The zero-order valence-electron chi connectivity index (χ0n) is 20.5. The van der Waals surface area contributed by atoms with E-state index in [0.29, 0.717) is 16.6 Å². The normalized spacial score (nSPS) is 35.5. The Balaban J connectivity index is 1.46. The van der Waals surface area contributed by atoms with Crippen molar-refractivity contribution in [2.24, 2.45) is 22.7 Å². The van der Waals surface area contributed by atoms with Crippen LogP contribution < -0.4 is 15.5 Å². The van der Waals surface area contributed by atoms with Crippen LogP contribution in [-0.4, -0.2) is 30.2 Å². The second-order valence-electron chi connectivity index (χ2n) is 11.0. The molecule has 1 aliphatic heterocycles. The van der Waals surface area contributed by atoms with Crippen LogP contribution >= 0.6 is 0 Å². The minimum Gasteiger partial charge on any atom is -0.382 e. The third-order valence-corrected chi connectivity index (χ3v) is 9.15. The Hall–Kier alpha value is -1.88. The summed E-state index contributed by atoms with van der Waals surface area (Å²) < 4.78 is 0. The van der Waals surface area contributed by atoms with Crippen LogP contribution in [0.3, 0.4) is 0 Å². The van der Waals surface area contributed by atoms with Crippen molar-refractivity contribution >= 4 is 17.3 Å². The number of rotatable bonds is 5. The van der Waals surface area contributed by atoms with E-state index in [-0.39, 0.29) is 0 Å². The fraction of sp³-hybridized carbons (Fsp3) is 0.692. The van der Waals surface area contributed by atoms with Crippen molar-refractivity contribution in [3.05, 3.63) is 29.6 Å². The van der Waals surface area contributed by atoms with Crippen molar-refractivity contribution in [3.63, 3.8) is 0 Å². The number of allylic oxidation sites excluding steroid dienone is 3. The predicted octanol–water partition coefficient (Wildman–Crippen LogP) is 4.51. The minimum absolute atomic E-state index is 0.319. The van der Waals surface area contributed by atoms with E-state index in [9.17, 15) is 0 Å². The van der Waals surface area contributed by atoms with E-state index in [2.05, 4.69) is 68.7 Å². The fourth-order valence-corrected chi connectivity index (χ4v) is 6.48. The molecule has 5 unspecified atom stereocenters. The molecule has 0 radical (unpaired) electrons. The van der Waals surface area contributed by atoms with Gasteiger partial charge < -0.3 is 10.6 Å². The zero-order valence-corrected chi connectivity index (χ0v) is 20.5. The van der Waals surface area contributed by atoms with Gasteiger partial charge in [-0.1, -0.05) is 51.0 Å². The molecule has 4 rings (SSSR count). The van der Waals surface area contributed by atoms with E-state index in [1.807, 2.05) is 0 Å². The molecular weight excluding hydrogens is 382 g/mol. The van der Waals surface area contributed by atoms with Gasteiger partial charge in [-0.05, 0) is 68.1 Å². The summed E-state index contributed by atoms with van der Waals surface area (Å²) in [4.78, 5) is 12.3. The van der Waals surface area contributed by atoms with Gasteiger partial charge in [-0.2, -0.15) is 4.98 Å². The Bertz CT molecular complexity index is 890. The summed E-state index contributed by atoms with van der Waals surface area (Å²) in [5, 5.41) is 0. The summed E-state index contributed by atoms with van der Waals surface area (Å²) >= 11 is 0. The number of fused-ring (bicyclic) bond motifs is 2. The summed E-state index contributed by atoms with van der Waals surface area (Å²) in [6, 6.07) is 0. The molecule has 0 saturated heterocycles. The summed E-state index contributed by atoms with van der Waals surface area (Å²) in [6.45, 7) is 14.1. The molecular formula is C26H42N5+. The first-order valence-electron chi connectivity index (χ1n) is 12.2. The van der Waals surface area contributed by atoms with E-state index in [1.165, 1.54) is 42.6 Å². The summed E-state index contributed by atoms with van der Waals surface area (Å²) in [5.41, 5.74) is 11.2. The van der Waals surface area contributed by atoms with Gasteiger partial charge in [-0.25, -0.2) is 4.98 Å². The van der Waals surface area contributed by atoms with Gasteiger partial charge in [0.15, 0.2) is 18.2 Å². The van der Waals surface area contributed by atoms with Gasteiger partial charge in [-0.15, -0.1) is 0 Å². The van der Waals surface area contributed by atoms with Crippen molar-refractivity contribution in [3.8, 4) is 0 Å². The zero-order chi connectivity index (χ0) is 22.4. The highest BCUT2D eigenvalue weighted by molar-refractivity contribution is 5.73. The highest BCUT2D eigenvalue weighted by Crippen LogP contribution is 2.61. The Kier molecular flexibility index (Phi) is 5.93. The van der Waals surface area contributed by atoms with Crippen molar-refractivity contribution in [2.45, 2.75) is 73.1 Å². The molecule has 0 amide bonds. The molecule has 31 heavy (non-hydrogen) atoms. The molecule has 0 aromatic carbocycles. The maximum absolute atomic E-state index is 6.17. The third kappa shape index (κ3) is 3.79. The van der Waals surface area contributed by atoms with Crippen LogP contribution in [0.5, 0.6) is 0 Å². The highest BCUT2D eigenvalue weighted by Gasteiger charge is 2.50. The SMILES string of the molecule is CC(=CCN1C[NH+](C)c2ncnc(N)c21)CCC1(C)C2=CCCC(C)C2(C)CCC1C. The molecule has 5 atom stereocenters. The quantitative estimate of drug-likeness (QED) is 0.683. The van der Waals surface area contributed by atoms with E-state index in [0.717, 1.165) is 43.0 Å². The average molecular weight is 425 g/mol. The van der Waals surface area contributed by atoms with E-state index < -0.39 is 0 Å². The number of nitrogens with one attached hydrogen (secondary N) is 1. The molecule has 3 N–H and O–H groups in total. The second-order valence-corrected chi connectivity index (χ2v) is 11.0. The average Bonchev–Trinajstić information content (AvgIpc) is 3.07. The van der Waals surface area contributed by atoms with Gasteiger partial charge in [0.05, 0.1) is 7.05 Å². The van der Waals surface area contributed by atoms with Crippen LogP contribution in [0.2, 0.25) is 0 Å². The topological polar surface area (TPSA) is 59.5 Å². The summed E-state index contributed by atoms with van der Waals surface area (Å²) in [5.74, 6) is 3.16. The van der Waals surface area contributed by atoms with Crippen molar-refractivity contribution in [1.82, 2.24) is 9.97 Å². The second kappa shape index (κ2) is 8.23. The molecule has 2 heterocycles. The lowest BCUT2D eigenvalue weighted by molar-refractivity contribution is -0.805. The minimum atomic E-state index is 0.319. The van der Waals surface area contributed by atoms with Crippen molar-refractivity contribution < 1.29 is 4.90 Å². The van der Waals surface area contributed by atoms with Crippen LogP contribution in [0.25, 0.3) is 0 Å². The van der Waals surface area contributed by atoms with Crippen molar-refractivity contribution in [1.29, 1.82) is 0 Å². The molecule has 1 aromatic rings. The number of quaternary nitrogens is 1. The summed E-state index contributed by atoms with van der Waals surface area (Å²) in [6.07, 6.45) is 14.3. The fourth-order valence-electron chi connectivity index (χ4n) is 6.48. The third-order valence-electron chi connectivity index (χ3n) is 9.15. The summed E-state index contributed by atoms with van der Waals surface area (Å²) in [7, 11) is 2.14. The maximum atomic E-state index is 6.17. The van der Waals surface area contributed by atoms with E-state index >= 15 is 0 Å². The maximum Gasteiger partial charge on any atom is 0.256 e. The largest absolute Gasteiger partial charge is 0.382 e. The Morgan fingerprint density at radius 2 is 2.03 bits per heavy atom. The number of nitrogens with zero attached hydrogens (tertiary/aromatic N) is 3. The van der Waals surface area contributed by atoms with E-state index in [4.69, 9.17) is 5.73 Å². The van der Waals surface area contributed by atoms with Gasteiger partial charge in [0.1, 0.15) is 6.33 Å². The number of nitrogens with two attached hydrogens (primary N) is 1. The number of hydrogen-bond donors (Lipinski definition) is 2. The lowest BCUT2D eigenvalue weighted by atomic mass is 9.49. The monoisotopic (exact) mass is 424 g/mol. The predicted molar refractivity (Wildman–Crippen MR) is 129 cm³/mol. The first kappa shape index (κ1) is 22.3. The first-order valence-corrected chi connectivity index (χ1v) is 12.2. The number of hydrogen-bond acceptors (Lipinski definition) is 4. The molecule has 1 saturated carbocycles. The van der Waals surface area contributed by atoms with Crippen LogP contribution in [0.4, 0.5) is 17.3 Å². The smallest absolute Gasteiger partial charge is 0.256 e. The van der Waals surface area contributed by atoms with Crippen LogP contribution in [0.15, 0.2) is 29.6 Å². The van der Waals surface area contributed by atoms with Gasteiger partial charge >= 0.3 is 0 Å². The molecule has 1 fully saturated rings. The van der Waals surface area contributed by atoms with Crippen LogP contribution in [-0.2, 0) is 0 Å². The Morgan fingerprint density at radius 1 is 1.26 bits per heavy atom. The van der Waals surface area contributed by atoms with Gasteiger partial charge in [0.2, 0.25) is 0 Å². The van der Waals surface area contributed by atoms with Crippen LogP contribution in [0, 0.1) is 22.7 Å². The lowest BCUT2D eigenvalue weighted by Crippen LogP contribution is -3.03. The molecule has 5 nitrogen and oxygen atoms in total. The van der Waals surface area contributed by atoms with Crippen LogP contribution in [0.1, 0.15) is 73.1 Å². The lowest BCUT2D eigenvalue weighted by Gasteiger charge is -2.56. The molecule has 0 bridgehead atoms. The highest BCUT2D eigenvalue weighted by atomic mass is 15.4. The molecule has 5 heteroatoms. The number of anilines is 2. The molecule has 3 aliphatic rings. The molecule has 2 aliphatic carbocycles. The first-order chi connectivity index (χ1) is 14.7. The van der Waals surface area contributed by atoms with Gasteiger partial charge in [0.25, 0.3) is 5.82 Å².